The summed E-state index contributed by atoms with van der Waals surface area (Å²) in [6.07, 6.45) is 1.53. The summed E-state index contributed by atoms with van der Waals surface area (Å²) in [6, 6.07) is 2.65. The molecule has 2 saturated heterocycles. The average Bonchev–Trinajstić information content (AvgIpc) is 3.74. The van der Waals surface area contributed by atoms with Crippen molar-refractivity contribution in [2.24, 2.45) is 0 Å². The van der Waals surface area contributed by atoms with Gasteiger partial charge in [0.2, 0.25) is 11.8 Å². The lowest BCUT2D eigenvalue weighted by Crippen LogP contribution is -2.62. The van der Waals surface area contributed by atoms with Gasteiger partial charge in [-0.25, -0.2) is 9.59 Å². The number of alkyl carbamates (subject to hydrolysis) is 1. The highest BCUT2D eigenvalue weighted by Crippen LogP contribution is 2.47. The Morgan fingerprint density at radius 3 is 2.67 bits per heavy atom. The fourth-order valence-electron chi connectivity index (χ4n) is 6.34. The second-order valence-corrected chi connectivity index (χ2v) is 15.2. The lowest BCUT2D eigenvalue weighted by molar-refractivity contribution is -0.161. The number of thioether (sulfide) groups is 1. The Kier molecular flexibility index (Phi) is 13.5. The normalized spacial score (nSPS) is 30.5. The molecule has 51 heavy (non-hydrogen) atoms. The average molecular weight is 752 g/mol. The van der Waals surface area contributed by atoms with Gasteiger partial charge in [0, 0.05) is 46.2 Å². The molecule has 1 aromatic carbocycles. The summed E-state index contributed by atoms with van der Waals surface area (Å²) in [5, 5.41) is 14.3. The number of esters is 1. The predicted octanol–water partition coefficient (Wildman–Crippen LogP) is 4.41. The van der Waals surface area contributed by atoms with E-state index in [-0.39, 0.29) is 36.6 Å². The number of benzene rings is 1. The van der Waals surface area contributed by atoms with Crippen molar-refractivity contribution in [2.75, 3.05) is 44.7 Å². The van der Waals surface area contributed by atoms with Crippen molar-refractivity contribution in [2.45, 2.75) is 102 Å². The zero-order valence-corrected chi connectivity index (χ0v) is 32.1. The van der Waals surface area contributed by atoms with E-state index < -0.39 is 59.8 Å². The van der Waals surface area contributed by atoms with Gasteiger partial charge in [-0.3, -0.25) is 14.9 Å². The number of methoxy groups -OCH3 is 2. The second-order valence-electron chi connectivity index (χ2n) is 13.4. The van der Waals surface area contributed by atoms with E-state index in [0.717, 1.165) is 16.9 Å². The highest BCUT2D eigenvalue weighted by molar-refractivity contribution is 7.99. The molecule has 3 aliphatic heterocycles. The Morgan fingerprint density at radius 2 is 2.00 bits per heavy atom. The molecule has 0 saturated carbocycles. The lowest BCUT2D eigenvalue weighted by Gasteiger charge is -2.40. The smallest absolute Gasteiger partial charge is 0.409 e. The van der Waals surface area contributed by atoms with Gasteiger partial charge in [-0.1, -0.05) is 42.3 Å². The molecule has 4 bridgehead atoms. The first-order chi connectivity index (χ1) is 24.1. The van der Waals surface area contributed by atoms with E-state index in [2.05, 4.69) is 5.32 Å². The van der Waals surface area contributed by atoms with Crippen LogP contribution in [-0.4, -0.2) is 115 Å². The van der Waals surface area contributed by atoms with Crippen molar-refractivity contribution in [3.63, 3.8) is 0 Å². The zero-order valence-electron chi connectivity index (χ0n) is 30.5. The highest BCUT2D eigenvalue weighted by Gasteiger charge is 2.61. The zero-order chi connectivity index (χ0) is 37.7. The quantitative estimate of drug-likeness (QED) is 0.209. The molecule has 3 amide bonds. The fourth-order valence-corrected chi connectivity index (χ4v) is 7.27. The Labute approximate surface area is 308 Å². The molecule has 1 aromatic rings. The minimum absolute atomic E-state index is 0.0310. The molecular formula is C36H50ClN3O10S. The van der Waals surface area contributed by atoms with E-state index >= 15 is 0 Å². The molecule has 3 heterocycles. The van der Waals surface area contributed by atoms with Gasteiger partial charge in [0.15, 0.2) is 5.72 Å². The molecule has 0 aliphatic carbocycles. The van der Waals surface area contributed by atoms with Gasteiger partial charge in [-0.15, -0.1) is 0 Å². The molecule has 7 atom stereocenters. The summed E-state index contributed by atoms with van der Waals surface area (Å²) in [6.45, 7) is 7.22. The van der Waals surface area contributed by atoms with Crippen molar-refractivity contribution in [3.05, 3.63) is 46.5 Å². The number of hydrogen-bond acceptors (Lipinski definition) is 11. The standard InChI is InChI=1S/C36H50ClN3O10S/c1-9-51-14-13-30(41)39(5)22(3)33(43)49-28-19-31(42)40(6)25-16-23(17-26(46-7)32(25)37)15-21(2)11-10-12-27(47-8)36(45)20-24(48-34(44)38-36)18-29-35(28,4)50-29/h10-12,16-17,22,24,27-29,45H,9,13-15,18-20H2,1-8H3,(H,38,44)/b12-10+,21-11+/t22-,24+,27+,28-,29-,35-,36-/m0/s1. The molecule has 282 valence electrons. The van der Waals surface area contributed by atoms with Gasteiger partial charge >= 0.3 is 12.1 Å². The van der Waals surface area contributed by atoms with Gasteiger partial charge in [0.05, 0.1) is 25.3 Å². The molecule has 13 nitrogen and oxygen atoms in total. The minimum atomic E-state index is -1.80. The van der Waals surface area contributed by atoms with Gasteiger partial charge < -0.3 is 38.6 Å². The Bertz CT molecular complexity index is 1540. The molecule has 0 aromatic heterocycles. The number of carbonyl (C=O) groups excluding carboxylic acids is 4. The van der Waals surface area contributed by atoms with Crippen LogP contribution in [0.2, 0.25) is 5.02 Å². The minimum Gasteiger partial charge on any atom is -0.495 e. The summed E-state index contributed by atoms with van der Waals surface area (Å²) in [5.74, 6) is 0.544. The van der Waals surface area contributed by atoms with Crippen LogP contribution in [0.5, 0.6) is 5.75 Å². The molecule has 2 fully saturated rings. The van der Waals surface area contributed by atoms with Gasteiger partial charge in [-0.2, -0.15) is 11.8 Å². The first kappa shape index (κ1) is 40.5. The number of hydrogen-bond donors (Lipinski definition) is 2. The third-order valence-electron chi connectivity index (χ3n) is 9.73. The number of allylic oxidation sites excluding steroid dienone is 3. The van der Waals surface area contributed by atoms with Crippen LogP contribution in [-0.2, 0) is 39.8 Å². The first-order valence-corrected chi connectivity index (χ1v) is 18.5. The first-order valence-electron chi connectivity index (χ1n) is 17.0. The van der Waals surface area contributed by atoms with Crippen LogP contribution in [0.3, 0.4) is 0 Å². The molecule has 0 unspecified atom stereocenters. The number of aliphatic hydroxyl groups is 1. The number of anilines is 1. The lowest BCUT2D eigenvalue weighted by atomic mass is 9.90. The van der Waals surface area contributed by atoms with Gasteiger partial charge in [0.25, 0.3) is 0 Å². The highest BCUT2D eigenvalue weighted by atomic mass is 35.5. The van der Waals surface area contributed by atoms with Crippen molar-refractivity contribution < 1.29 is 48.0 Å². The van der Waals surface area contributed by atoms with E-state index in [9.17, 15) is 24.3 Å². The van der Waals surface area contributed by atoms with E-state index in [1.807, 2.05) is 19.9 Å². The van der Waals surface area contributed by atoms with Gasteiger partial charge in [0.1, 0.15) is 40.7 Å². The fraction of sp³-hybridized carbons (Fsp3) is 0.611. The van der Waals surface area contributed by atoms with Crippen LogP contribution < -0.4 is 15.0 Å². The number of fused-ring (bicyclic) bond motifs is 5. The molecule has 0 spiro atoms. The number of rotatable bonds is 9. The molecule has 15 heteroatoms. The summed E-state index contributed by atoms with van der Waals surface area (Å²) in [4.78, 5) is 55.9. The molecule has 2 N–H and O–H groups in total. The maximum atomic E-state index is 14.0. The van der Waals surface area contributed by atoms with Crippen LogP contribution in [0.15, 0.2) is 35.9 Å². The molecule has 4 rings (SSSR count). The van der Waals surface area contributed by atoms with Crippen LogP contribution in [0.4, 0.5) is 10.5 Å². The Balaban J connectivity index is 1.71. The second kappa shape index (κ2) is 17.0. The molecule has 0 radical (unpaired) electrons. The number of ether oxygens (including phenoxy) is 5. The van der Waals surface area contributed by atoms with Gasteiger partial charge in [-0.05, 0) is 50.6 Å². The number of nitrogens with zero attached hydrogens (tertiary/aromatic N) is 2. The van der Waals surface area contributed by atoms with Crippen molar-refractivity contribution in [3.8, 4) is 5.75 Å². The Hall–Kier alpha value is -3.30. The van der Waals surface area contributed by atoms with Crippen LogP contribution in [0.1, 0.15) is 58.9 Å². The molecular weight excluding hydrogens is 702 g/mol. The summed E-state index contributed by atoms with van der Waals surface area (Å²) < 4.78 is 28.9. The van der Waals surface area contributed by atoms with E-state index in [4.69, 9.17) is 35.3 Å². The maximum Gasteiger partial charge on any atom is 0.409 e. The number of nitrogens with one attached hydrogen (secondary N) is 1. The van der Waals surface area contributed by atoms with Crippen molar-refractivity contribution in [1.29, 1.82) is 0 Å². The van der Waals surface area contributed by atoms with E-state index in [1.54, 1.807) is 64.0 Å². The SMILES string of the molecule is CCSCCC(=O)N(C)[C@@H](C)C(=O)O[C@H]1CC(=O)N(C)c2cc(cc(OC)c2Cl)C/C(C)=C/C=C/[C@@H](OC)[C@@]2(O)C[C@@H](C[C@@H]3O[C@@]13C)OC(=O)N2. The van der Waals surface area contributed by atoms with Crippen molar-refractivity contribution >= 4 is 52.9 Å². The number of amides is 3. The van der Waals surface area contributed by atoms with Crippen LogP contribution in [0.25, 0.3) is 0 Å². The third-order valence-corrected chi connectivity index (χ3v) is 11.0. The predicted molar refractivity (Wildman–Crippen MR) is 194 cm³/mol. The monoisotopic (exact) mass is 751 g/mol. The Morgan fingerprint density at radius 1 is 1.27 bits per heavy atom. The number of epoxide rings is 1. The maximum absolute atomic E-state index is 14.0. The van der Waals surface area contributed by atoms with E-state index in [1.165, 1.54) is 24.0 Å². The number of halogens is 1. The summed E-state index contributed by atoms with van der Waals surface area (Å²) in [7, 11) is 6.05. The summed E-state index contributed by atoms with van der Waals surface area (Å²) in [5.41, 5.74) is -0.824. The number of carbonyl (C=O) groups is 4. The van der Waals surface area contributed by atoms with Crippen LogP contribution in [0, 0.1) is 0 Å². The van der Waals surface area contributed by atoms with E-state index in [0.29, 0.717) is 23.6 Å². The van der Waals surface area contributed by atoms with Crippen LogP contribution >= 0.6 is 23.4 Å². The third kappa shape index (κ3) is 9.58. The van der Waals surface area contributed by atoms with Crippen molar-refractivity contribution in [1.82, 2.24) is 10.2 Å². The molecule has 3 aliphatic rings. The largest absolute Gasteiger partial charge is 0.495 e. The topological polar surface area (TPSA) is 156 Å². The number of likely N-dealkylation sites (N-methyl/N-ethyl adjacent to an activating group) is 1. The summed E-state index contributed by atoms with van der Waals surface area (Å²) >= 11 is 8.36.